The average molecular weight is 219 g/mol. The van der Waals surface area contributed by atoms with E-state index < -0.39 is 0 Å². The molecule has 0 heterocycles. The number of nitrogens with two attached hydrogens (primary N) is 1. The molecule has 0 amide bonds. The highest BCUT2D eigenvalue weighted by Crippen LogP contribution is 2.45. The molecule has 16 heavy (non-hydrogen) atoms. The number of hydrogen-bond donors (Lipinski definition) is 1. The van der Waals surface area contributed by atoms with Gasteiger partial charge in [-0.05, 0) is 30.9 Å². The summed E-state index contributed by atoms with van der Waals surface area (Å²) in [5.74, 6) is 0. The van der Waals surface area contributed by atoms with Gasteiger partial charge in [0.15, 0.2) is 0 Å². The first-order chi connectivity index (χ1) is 7.82. The molecule has 1 aromatic rings. The van der Waals surface area contributed by atoms with Crippen LogP contribution in [0.2, 0.25) is 0 Å². The molecule has 88 valence electrons. The molecule has 1 aliphatic rings. The third-order valence-corrected chi connectivity index (χ3v) is 3.70. The van der Waals surface area contributed by atoms with Gasteiger partial charge >= 0.3 is 0 Å². The Kier molecular flexibility index (Phi) is 3.62. The van der Waals surface area contributed by atoms with Crippen molar-refractivity contribution in [2.75, 3.05) is 13.2 Å². The molecule has 2 heteroatoms. The van der Waals surface area contributed by atoms with Crippen molar-refractivity contribution in [1.29, 1.82) is 0 Å². The van der Waals surface area contributed by atoms with Gasteiger partial charge in [0.25, 0.3) is 0 Å². The lowest BCUT2D eigenvalue weighted by Crippen LogP contribution is -2.40. The maximum Gasteiger partial charge on any atom is 0.0562 e. The van der Waals surface area contributed by atoms with Crippen LogP contribution in [0.15, 0.2) is 24.3 Å². The molecular formula is C14H21NO. The van der Waals surface area contributed by atoms with Crippen molar-refractivity contribution in [3.05, 3.63) is 35.4 Å². The Bertz CT molecular complexity index is 344. The van der Waals surface area contributed by atoms with Crippen LogP contribution >= 0.6 is 0 Å². The zero-order chi connectivity index (χ0) is 11.4. The Balaban J connectivity index is 2.25. The molecule has 0 spiro atoms. The first-order valence-electron chi connectivity index (χ1n) is 6.18. The third kappa shape index (κ3) is 2.00. The fourth-order valence-corrected chi connectivity index (χ4v) is 2.61. The van der Waals surface area contributed by atoms with E-state index in [4.69, 9.17) is 10.5 Å². The van der Waals surface area contributed by atoms with E-state index in [1.165, 1.54) is 30.4 Å². The predicted molar refractivity (Wildman–Crippen MR) is 66.4 cm³/mol. The molecule has 0 unspecified atom stereocenters. The lowest BCUT2D eigenvalue weighted by molar-refractivity contribution is 0.0517. The molecule has 0 bridgehead atoms. The molecule has 0 aromatic heterocycles. The van der Waals surface area contributed by atoms with Gasteiger partial charge in [-0.3, -0.25) is 0 Å². The molecule has 0 atom stereocenters. The summed E-state index contributed by atoms with van der Waals surface area (Å²) in [6, 6.07) is 8.54. The smallest absolute Gasteiger partial charge is 0.0562 e. The predicted octanol–water partition coefficient (Wildman–Crippen LogP) is 2.60. The number of hydrogen-bond acceptors (Lipinski definition) is 2. The van der Waals surface area contributed by atoms with Crippen molar-refractivity contribution in [3.63, 3.8) is 0 Å². The van der Waals surface area contributed by atoms with Crippen LogP contribution < -0.4 is 5.73 Å². The zero-order valence-corrected chi connectivity index (χ0v) is 10.0. The molecule has 1 saturated carbocycles. The summed E-state index contributed by atoms with van der Waals surface area (Å²) in [6.45, 7) is 4.33. The largest absolute Gasteiger partial charge is 0.381 e. The molecule has 0 saturated heterocycles. The van der Waals surface area contributed by atoms with Gasteiger partial charge in [-0.15, -0.1) is 0 Å². The van der Waals surface area contributed by atoms with Crippen LogP contribution in [0.1, 0.15) is 37.3 Å². The lowest BCUT2D eigenvalue weighted by atomic mass is 9.64. The maximum absolute atomic E-state index is 5.81. The van der Waals surface area contributed by atoms with E-state index in [1.807, 2.05) is 0 Å². The van der Waals surface area contributed by atoms with E-state index in [-0.39, 0.29) is 5.41 Å². The van der Waals surface area contributed by atoms with Crippen molar-refractivity contribution in [2.45, 2.75) is 38.1 Å². The lowest BCUT2D eigenvalue weighted by Gasteiger charge is -2.43. The second kappa shape index (κ2) is 4.98. The first-order valence-corrected chi connectivity index (χ1v) is 6.18. The van der Waals surface area contributed by atoms with E-state index in [0.29, 0.717) is 6.54 Å². The van der Waals surface area contributed by atoms with Gasteiger partial charge in [0.05, 0.1) is 6.61 Å². The molecule has 2 N–H and O–H groups in total. The standard InChI is InChI=1S/C14H21NO/c1-2-16-11-14(8-5-9-14)13-7-4-3-6-12(13)10-15/h3-4,6-7H,2,5,8-11,15H2,1H3. The summed E-state index contributed by atoms with van der Waals surface area (Å²) in [4.78, 5) is 0. The van der Waals surface area contributed by atoms with Crippen LogP contribution in [0, 0.1) is 0 Å². The molecule has 1 aliphatic carbocycles. The quantitative estimate of drug-likeness (QED) is 0.826. The summed E-state index contributed by atoms with van der Waals surface area (Å²) >= 11 is 0. The van der Waals surface area contributed by atoms with Crippen molar-refractivity contribution >= 4 is 0 Å². The third-order valence-electron chi connectivity index (χ3n) is 3.70. The molecule has 0 radical (unpaired) electrons. The normalized spacial score (nSPS) is 18.1. The van der Waals surface area contributed by atoms with E-state index in [2.05, 4.69) is 31.2 Å². The zero-order valence-electron chi connectivity index (χ0n) is 10.0. The minimum atomic E-state index is 0.256. The van der Waals surface area contributed by atoms with Crippen LogP contribution in [0.25, 0.3) is 0 Å². The van der Waals surface area contributed by atoms with Crippen molar-refractivity contribution in [3.8, 4) is 0 Å². The molecule has 0 aliphatic heterocycles. The van der Waals surface area contributed by atoms with Crippen LogP contribution in [0.4, 0.5) is 0 Å². The Morgan fingerprint density at radius 1 is 1.31 bits per heavy atom. The second-order valence-electron chi connectivity index (χ2n) is 4.63. The summed E-state index contributed by atoms with van der Waals surface area (Å²) in [7, 11) is 0. The highest BCUT2D eigenvalue weighted by atomic mass is 16.5. The Morgan fingerprint density at radius 2 is 2.06 bits per heavy atom. The maximum atomic E-state index is 5.81. The molecule has 1 aromatic carbocycles. The van der Waals surface area contributed by atoms with Gasteiger partial charge in [0.1, 0.15) is 0 Å². The number of ether oxygens (including phenoxy) is 1. The van der Waals surface area contributed by atoms with Gasteiger partial charge in [0, 0.05) is 18.6 Å². The number of benzene rings is 1. The summed E-state index contributed by atoms with van der Waals surface area (Å²) < 4.78 is 5.65. The van der Waals surface area contributed by atoms with Gasteiger partial charge in [-0.2, -0.15) is 0 Å². The van der Waals surface area contributed by atoms with Crippen molar-refractivity contribution in [2.24, 2.45) is 5.73 Å². The molecular weight excluding hydrogens is 198 g/mol. The Hall–Kier alpha value is -0.860. The van der Waals surface area contributed by atoms with Gasteiger partial charge in [-0.25, -0.2) is 0 Å². The van der Waals surface area contributed by atoms with E-state index in [9.17, 15) is 0 Å². The Labute approximate surface area is 97.8 Å². The topological polar surface area (TPSA) is 35.2 Å². The molecule has 2 nitrogen and oxygen atoms in total. The van der Waals surface area contributed by atoms with Gasteiger partial charge in [0.2, 0.25) is 0 Å². The van der Waals surface area contributed by atoms with E-state index >= 15 is 0 Å². The second-order valence-corrected chi connectivity index (χ2v) is 4.63. The van der Waals surface area contributed by atoms with Crippen molar-refractivity contribution < 1.29 is 4.74 Å². The number of rotatable bonds is 5. The fraction of sp³-hybridized carbons (Fsp3) is 0.571. The highest BCUT2D eigenvalue weighted by molar-refractivity contribution is 5.36. The van der Waals surface area contributed by atoms with Crippen LogP contribution in [0.5, 0.6) is 0 Å². The van der Waals surface area contributed by atoms with E-state index in [1.54, 1.807) is 0 Å². The average Bonchev–Trinajstić information content (AvgIpc) is 2.28. The summed E-state index contributed by atoms with van der Waals surface area (Å²) in [5, 5.41) is 0. The highest BCUT2D eigenvalue weighted by Gasteiger charge is 2.39. The minimum absolute atomic E-state index is 0.256. The molecule has 1 fully saturated rings. The monoisotopic (exact) mass is 219 g/mol. The van der Waals surface area contributed by atoms with E-state index in [0.717, 1.165) is 13.2 Å². The fourth-order valence-electron chi connectivity index (χ4n) is 2.61. The van der Waals surface area contributed by atoms with Gasteiger partial charge in [-0.1, -0.05) is 30.7 Å². The summed E-state index contributed by atoms with van der Waals surface area (Å²) in [6.07, 6.45) is 3.79. The van der Waals surface area contributed by atoms with Gasteiger partial charge < -0.3 is 10.5 Å². The van der Waals surface area contributed by atoms with Crippen LogP contribution in [-0.4, -0.2) is 13.2 Å². The van der Waals surface area contributed by atoms with Crippen molar-refractivity contribution in [1.82, 2.24) is 0 Å². The summed E-state index contributed by atoms with van der Waals surface area (Å²) in [5.41, 5.74) is 8.76. The van der Waals surface area contributed by atoms with Crippen LogP contribution in [-0.2, 0) is 16.7 Å². The minimum Gasteiger partial charge on any atom is -0.381 e. The Morgan fingerprint density at radius 3 is 2.62 bits per heavy atom. The first kappa shape index (κ1) is 11.6. The SMILES string of the molecule is CCOCC1(c2ccccc2CN)CCC1. The molecule has 2 rings (SSSR count). The van der Waals surface area contributed by atoms with Crippen LogP contribution in [0.3, 0.4) is 0 Å².